The summed E-state index contributed by atoms with van der Waals surface area (Å²) in [6, 6.07) is 8.57. The number of rotatable bonds is 4. The van der Waals surface area contributed by atoms with E-state index < -0.39 is 11.9 Å². The van der Waals surface area contributed by atoms with E-state index in [0.717, 1.165) is 11.2 Å². The fraction of sp³-hybridized carbons (Fsp3) is 0.393. The number of amides is 1. The van der Waals surface area contributed by atoms with Crippen molar-refractivity contribution in [3.8, 4) is 22.6 Å². The van der Waals surface area contributed by atoms with Crippen molar-refractivity contribution in [1.82, 2.24) is 29.5 Å². The van der Waals surface area contributed by atoms with Gasteiger partial charge in [0.05, 0.1) is 29.4 Å². The molecule has 10 heteroatoms. The molecule has 1 fully saturated rings. The molecule has 38 heavy (non-hydrogen) atoms. The maximum absolute atomic E-state index is 16.4. The van der Waals surface area contributed by atoms with Crippen molar-refractivity contribution in [3.05, 3.63) is 60.4 Å². The summed E-state index contributed by atoms with van der Waals surface area (Å²) in [7, 11) is 1.79. The number of nitrogens with zero attached hydrogens (tertiary/aromatic N) is 7. The molecule has 1 unspecified atom stereocenters. The van der Waals surface area contributed by atoms with E-state index in [-0.39, 0.29) is 29.0 Å². The number of hydrogen-bond donors (Lipinski definition) is 1. The molecule has 5 rings (SSSR count). The van der Waals surface area contributed by atoms with Crippen LogP contribution >= 0.6 is 0 Å². The van der Waals surface area contributed by atoms with Crippen LogP contribution in [0.15, 0.2) is 48.9 Å². The van der Waals surface area contributed by atoms with Gasteiger partial charge in [0.25, 0.3) is 0 Å². The molecule has 1 N–H and O–H groups in total. The first kappa shape index (κ1) is 25.6. The molecule has 0 aliphatic carbocycles. The number of pyridine rings is 2. The summed E-state index contributed by atoms with van der Waals surface area (Å²) < 4.78 is 18.1. The number of carboxylic acid groups (broad SMARTS) is 1. The predicted octanol–water partition coefficient (Wildman–Crippen LogP) is 5.29. The Morgan fingerprint density at radius 3 is 2.71 bits per heavy atom. The molecular weight excluding hydrogens is 485 g/mol. The van der Waals surface area contributed by atoms with Gasteiger partial charge in [-0.25, -0.2) is 23.7 Å². The zero-order valence-corrected chi connectivity index (χ0v) is 22.3. The number of halogens is 1. The molecule has 0 spiro atoms. The zero-order valence-electron chi connectivity index (χ0n) is 22.3. The third-order valence-electron chi connectivity index (χ3n) is 7.23. The quantitative estimate of drug-likeness (QED) is 0.392. The maximum atomic E-state index is 16.4. The van der Waals surface area contributed by atoms with Crippen molar-refractivity contribution in [2.45, 2.75) is 52.6 Å². The van der Waals surface area contributed by atoms with Crippen molar-refractivity contribution in [3.63, 3.8) is 0 Å². The molecular formula is C28H32FN7O2. The lowest BCUT2D eigenvalue weighted by molar-refractivity contribution is 0.0460. The molecule has 1 aliphatic heterocycles. The molecule has 1 amide bonds. The van der Waals surface area contributed by atoms with Gasteiger partial charge in [0.2, 0.25) is 0 Å². The fourth-order valence-corrected chi connectivity index (χ4v) is 5.58. The summed E-state index contributed by atoms with van der Waals surface area (Å²) in [4.78, 5) is 29.1. The van der Waals surface area contributed by atoms with Crippen LogP contribution in [0.5, 0.6) is 0 Å². The SMILES string of the molecule is Cc1cc(-c2nc(-c3cnn4ccccc34)nc(N(C)[C@@H]3CCCN(C(=O)O)C3C(C)(C)C)c2F)ccn1. The van der Waals surface area contributed by atoms with Crippen molar-refractivity contribution in [2.24, 2.45) is 5.41 Å². The van der Waals surface area contributed by atoms with E-state index in [4.69, 9.17) is 4.98 Å². The number of aryl methyl sites for hydroxylation is 1. The van der Waals surface area contributed by atoms with E-state index in [0.29, 0.717) is 36.3 Å². The van der Waals surface area contributed by atoms with Gasteiger partial charge in [-0.05, 0) is 49.4 Å². The molecule has 1 aliphatic rings. The third-order valence-corrected chi connectivity index (χ3v) is 7.23. The van der Waals surface area contributed by atoms with Crippen LogP contribution in [0.4, 0.5) is 15.0 Å². The minimum Gasteiger partial charge on any atom is -0.465 e. The van der Waals surface area contributed by atoms with Crippen LogP contribution in [0.3, 0.4) is 0 Å². The number of aromatic nitrogens is 5. The van der Waals surface area contributed by atoms with Gasteiger partial charge in [0, 0.05) is 37.2 Å². The van der Waals surface area contributed by atoms with E-state index in [1.165, 1.54) is 4.90 Å². The number of likely N-dealkylation sites (N-methyl/N-ethyl adjacent to an activating group) is 1. The lowest BCUT2D eigenvalue weighted by Gasteiger charge is -2.49. The molecule has 1 saturated heterocycles. The largest absolute Gasteiger partial charge is 0.465 e. The molecule has 0 radical (unpaired) electrons. The number of carbonyl (C=O) groups is 1. The Bertz CT molecular complexity index is 1500. The van der Waals surface area contributed by atoms with E-state index in [1.807, 2.05) is 52.1 Å². The van der Waals surface area contributed by atoms with Crippen LogP contribution in [-0.2, 0) is 0 Å². The van der Waals surface area contributed by atoms with Gasteiger partial charge in [0.1, 0.15) is 5.69 Å². The van der Waals surface area contributed by atoms with Gasteiger partial charge in [-0.2, -0.15) is 5.10 Å². The third kappa shape index (κ3) is 4.55. The molecule has 0 saturated carbocycles. The standard InChI is InChI=1S/C28H32FN7O2/c1-17-15-18(11-12-30-17)23-22(29)26(33-25(32-23)19-16-31-36-14-7-6-9-20(19)36)34(5)21-10-8-13-35(27(37)38)24(21)28(2,3)4/h6-7,9,11-12,14-16,21,24H,8,10,13H2,1-5H3,(H,37,38)/t21-,24?/m1/s1. The second kappa shape index (κ2) is 9.66. The van der Waals surface area contributed by atoms with Gasteiger partial charge < -0.3 is 14.9 Å². The highest BCUT2D eigenvalue weighted by Gasteiger charge is 2.44. The Balaban J connectivity index is 1.70. The van der Waals surface area contributed by atoms with Gasteiger partial charge in [0.15, 0.2) is 17.5 Å². The minimum absolute atomic E-state index is 0.126. The van der Waals surface area contributed by atoms with Crippen LogP contribution in [0.25, 0.3) is 28.2 Å². The van der Waals surface area contributed by atoms with Crippen LogP contribution in [0, 0.1) is 18.2 Å². The van der Waals surface area contributed by atoms with E-state index in [2.05, 4.69) is 15.1 Å². The van der Waals surface area contributed by atoms with E-state index >= 15 is 4.39 Å². The number of fused-ring (bicyclic) bond motifs is 1. The van der Waals surface area contributed by atoms with E-state index in [9.17, 15) is 9.90 Å². The topological polar surface area (TPSA) is 99.8 Å². The Kier molecular flexibility index (Phi) is 6.50. The molecule has 198 valence electrons. The Labute approximate surface area is 221 Å². The molecule has 0 aromatic carbocycles. The van der Waals surface area contributed by atoms with Crippen molar-refractivity contribution in [2.75, 3.05) is 18.5 Å². The van der Waals surface area contributed by atoms with Gasteiger partial charge in [-0.15, -0.1) is 0 Å². The molecule has 2 atom stereocenters. The summed E-state index contributed by atoms with van der Waals surface area (Å²) in [5.41, 5.74) is 2.59. The highest BCUT2D eigenvalue weighted by atomic mass is 19.1. The first-order valence-electron chi connectivity index (χ1n) is 12.7. The monoisotopic (exact) mass is 517 g/mol. The molecule has 0 bridgehead atoms. The van der Waals surface area contributed by atoms with Crippen LogP contribution < -0.4 is 4.90 Å². The lowest BCUT2D eigenvalue weighted by Crippen LogP contribution is -2.61. The van der Waals surface area contributed by atoms with Crippen LogP contribution in [0.2, 0.25) is 0 Å². The summed E-state index contributed by atoms with van der Waals surface area (Å²) in [5, 5.41) is 14.4. The Hall–Kier alpha value is -4.08. The van der Waals surface area contributed by atoms with Crippen molar-refractivity contribution >= 4 is 17.4 Å². The molecule has 4 aromatic rings. The molecule has 9 nitrogen and oxygen atoms in total. The van der Waals surface area contributed by atoms with Crippen LogP contribution in [-0.4, -0.2) is 66.3 Å². The Morgan fingerprint density at radius 2 is 2.00 bits per heavy atom. The summed E-state index contributed by atoms with van der Waals surface area (Å²) in [6.45, 7) is 8.35. The van der Waals surface area contributed by atoms with Gasteiger partial charge in [-0.3, -0.25) is 4.98 Å². The Morgan fingerprint density at radius 1 is 1.21 bits per heavy atom. The minimum atomic E-state index is -0.967. The van der Waals surface area contributed by atoms with Crippen molar-refractivity contribution < 1.29 is 14.3 Å². The van der Waals surface area contributed by atoms with Crippen LogP contribution in [0.1, 0.15) is 39.3 Å². The highest BCUT2D eigenvalue weighted by Crippen LogP contribution is 2.38. The number of likely N-dealkylation sites (tertiary alicyclic amines) is 1. The molecule has 5 heterocycles. The van der Waals surface area contributed by atoms with Gasteiger partial charge in [-0.1, -0.05) is 26.8 Å². The average Bonchev–Trinajstić information content (AvgIpc) is 3.32. The van der Waals surface area contributed by atoms with E-state index in [1.54, 1.807) is 41.0 Å². The lowest BCUT2D eigenvalue weighted by atomic mass is 9.77. The molecule has 4 aromatic heterocycles. The maximum Gasteiger partial charge on any atom is 0.407 e. The average molecular weight is 518 g/mol. The second-order valence-corrected chi connectivity index (χ2v) is 10.9. The second-order valence-electron chi connectivity index (χ2n) is 10.9. The summed E-state index contributed by atoms with van der Waals surface area (Å²) in [6.07, 6.45) is 5.56. The fourth-order valence-electron chi connectivity index (χ4n) is 5.58. The van der Waals surface area contributed by atoms with Crippen molar-refractivity contribution in [1.29, 1.82) is 0 Å². The highest BCUT2D eigenvalue weighted by molar-refractivity contribution is 5.78. The first-order valence-corrected chi connectivity index (χ1v) is 12.7. The number of piperidine rings is 1. The number of hydrogen-bond acceptors (Lipinski definition) is 6. The van der Waals surface area contributed by atoms with Gasteiger partial charge >= 0.3 is 6.09 Å². The summed E-state index contributed by atoms with van der Waals surface area (Å²) >= 11 is 0. The summed E-state index contributed by atoms with van der Waals surface area (Å²) in [5.74, 6) is -0.0863. The predicted molar refractivity (Wildman–Crippen MR) is 144 cm³/mol. The smallest absolute Gasteiger partial charge is 0.407 e. The normalized spacial score (nSPS) is 18.1. The first-order chi connectivity index (χ1) is 18.1. The number of anilines is 1. The zero-order chi connectivity index (χ0) is 27.2.